The quantitative estimate of drug-likeness (QED) is 0.556. The third-order valence-corrected chi connectivity index (χ3v) is 5.47. The van der Waals surface area contributed by atoms with E-state index in [1.165, 1.54) is 11.3 Å². The van der Waals surface area contributed by atoms with E-state index in [9.17, 15) is 9.59 Å². The van der Waals surface area contributed by atoms with E-state index in [-0.39, 0.29) is 24.4 Å². The minimum absolute atomic E-state index is 0.00473. The van der Waals surface area contributed by atoms with Crippen molar-refractivity contribution in [3.8, 4) is 22.1 Å². The SMILES string of the molecule is COc1ccc(-c2nc(CC(=O)OC(C)C(=O)N(C(C)C)C(C)C)cs2)cc1OC. The van der Waals surface area contributed by atoms with Gasteiger partial charge in [0.1, 0.15) is 5.01 Å². The zero-order valence-electron chi connectivity index (χ0n) is 18.6. The van der Waals surface area contributed by atoms with Gasteiger partial charge in [-0.05, 0) is 52.8 Å². The summed E-state index contributed by atoms with van der Waals surface area (Å²) in [5.74, 6) is 0.570. The molecular formula is C22H30N2O5S. The van der Waals surface area contributed by atoms with Gasteiger partial charge in [-0.1, -0.05) is 0 Å². The van der Waals surface area contributed by atoms with Crippen LogP contribution in [0.25, 0.3) is 10.6 Å². The number of esters is 1. The van der Waals surface area contributed by atoms with Gasteiger partial charge in [-0.3, -0.25) is 9.59 Å². The predicted molar refractivity (Wildman–Crippen MR) is 117 cm³/mol. The monoisotopic (exact) mass is 434 g/mol. The fourth-order valence-corrected chi connectivity index (χ4v) is 4.06. The molecule has 1 amide bonds. The predicted octanol–water partition coefficient (Wildman–Crippen LogP) is 3.95. The second-order valence-electron chi connectivity index (χ2n) is 7.46. The number of carbonyl (C=O) groups excluding carboxylic acids is 2. The molecule has 0 N–H and O–H groups in total. The average molecular weight is 435 g/mol. The van der Waals surface area contributed by atoms with Gasteiger partial charge in [0.2, 0.25) is 0 Å². The molecule has 0 aliphatic carbocycles. The molecule has 30 heavy (non-hydrogen) atoms. The molecule has 1 aromatic heterocycles. The molecule has 0 spiro atoms. The lowest BCUT2D eigenvalue weighted by Gasteiger charge is -2.32. The molecule has 7 nitrogen and oxygen atoms in total. The highest BCUT2D eigenvalue weighted by molar-refractivity contribution is 7.13. The van der Waals surface area contributed by atoms with Crippen LogP contribution in [0, 0.1) is 0 Å². The lowest BCUT2D eigenvalue weighted by atomic mass is 10.2. The Balaban J connectivity index is 2.04. The Kier molecular flexibility index (Phi) is 8.23. The van der Waals surface area contributed by atoms with Crippen molar-refractivity contribution in [2.45, 2.75) is 59.2 Å². The van der Waals surface area contributed by atoms with Crippen molar-refractivity contribution in [2.75, 3.05) is 14.2 Å². The van der Waals surface area contributed by atoms with Gasteiger partial charge < -0.3 is 19.1 Å². The molecule has 1 aromatic carbocycles. The normalized spacial score (nSPS) is 12.0. The number of ether oxygens (including phenoxy) is 3. The van der Waals surface area contributed by atoms with Gasteiger partial charge in [0.25, 0.3) is 5.91 Å². The van der Waals surface area contributed by atoms with Gasteiger partial charge in [-0.15, -0.1) is 11.3 Å². The maximum absolute atomic E-state index is 12.6. The van der Waals surface area contributed by atoms with Crippen LogP contribution in [0.3, 0.4) is 0 Å². The van der Waals surface area contributed by atoms with Gasteiger partial charge in [0.05, 0.1) is 26.3 Å². The van der Waals surface area contributed by atoms with Crippen molar-refractivity contribution in [2.24, 2.45) is 0 Å². The van der Waals surface area contributed by atoms with Crippen molar-refractivity contribution >= 4 is 23.2 Å². The molecule has 1 heterocycles. The van der Waals surface area contributed by atoms with E-state index in [2.05, 4.69) is 4.98 Å². The summed E-state index contributed by atoms with van der Waals surface area (Å²) in [5.41, 5.74) is 1.46. The highest BCUT2D eigenvalue weighted by atomic mass is 32.1. The Bertz CT molecular complexity index is 870. The summed E-state index contributed by atoms with van der Waals surface area (Å²) in [6.07, 6.45) is -0.837. The van der Waals surface area contributed by atoms with Crippen LogP contribution in [-0.2, 0) is 20.7 Å². The summed E-state index contributed by atoms with van der Waals surface area (Å²) in [7, 11) is 3.16. The van der Waals surface area contributed by atoms with Crippen LogP contribution in [0.4, 0.5) is 0 Å². The fourth-order valence-electron chi connectivity index (χ4n) is 3.24. The number of thiazole rings is 1. The van der Waals surface area contributed by atoms with Crippen LogP contribution in [0.15, 0.2) is 23.6 Å². The molecule has 2 rings (SSSR count). The molecule has 2 aromatic rings. The Morgan fingerprint density at radius 2 is 1.67 bits per heavy atom. The molecule has 0 radical (unpaired) electrons. The van der Waals surface area contributed by atoms with E-state index in [1.807, 2.05) is 51.3 Å². The Hall–Kier alpha value is -2.61. The minimum Gasteiger partial charge on any atom is -0.493 e. The molecule has 8 heteroatoms. The average Bonchev–Trinajstić information content (AvgIpc) is 3.14. The number of benzene rings is 1. The minimum atomic E-state index is -0.841. The summed E-state index contributed by atoms with van der Waals surface area (Å²) in [5, 5.41) is 2.57. The van der Waals surface area contributed by atoms with E-state index in [4.69, 9.17) is 14.2 Å². The first-order chi connectivity index (χ1) is 14.2. The van der Waals surface area contributed by atoms with Crippen molar-refractivity contribution in [3.63, 3.8) is 0 Å². The van der Waals surface area contributed by atoms with Gasteiger partial charge >= 0.3 is 5.97 Å². The molecule has 1 atom stereocenters. The lowest BCUT2D eigenvalue weighted by Crippen LogP contribution is -2.47. The molecule has 1 unspecified atom stereocenters. The van der Waals surface area contributed by atoms with Crippen LogP contribution in [0.2, 0.25) is 0 Å². The first-order valence-electron chi connectivity index (χ1n) is 9.86. The number of aromatic nitrogens is 1. The Morgan fingerprint density at radius 3 is 2.23 bits per heavy atom. The largest absolute Gasteiger partial charge is 0.493 e. The van der Waals surface area contributed by atoms with Gasteiger partial charge in [-0.2, -0.15) is 0 Å². The zero-order valence-corrected chi connectivity index (χ0v) is 19.4. The molecule has 0 saturated heterocycles. The number of methoxy groups -OCH3 is 2. The summed E-state index contributed by atoms with van der Waals surface area (Å²) in [6.45, 7) is 9.37. The van der Waals surface area contributed by atoms with Crippen LogP contribution < -0.4 is 9.47 Å². The second kappa shape index (κ2) is 10.4. The third-order valence-electron chi connectivity index (χ3n) is 4.53. The van der Waals surface area contributed by atoms with E-state index >= 15 is 0 Å². The van der Waals surface area contributed by atoms with E-state index < -0.39 is 12.1 Å². The standard InChI is InChI=1S/C22H30N2O5S/c1-13(2)24(14(3)4)22(26)15(5)29-20(25)11-17-12-30-21(23-17)16-8-9-18(27-6)19(10-16)28-7/h8-10,12-15H,11H2,1-7H3. The van der Waals surface area contributed by atoms with Crippen molar-refractivity contribution < 1.29 is 23.8 Å². The number of rotatable bonds is 9. The van der Waals surface area contributed by atoms with Crippen molar-refractivity contribution in [3.05, 3.63) is 29.3 Å². The number of hydrogen-bond acceptors (Lipinski definition) is 7. The third kappa shape index (κ3) is 5.72. The van der Waals surface area contributed by atoms with Crippen LogP contribution in [0.1, 0.15) is 40.3 Å². The summed E-state index contributed by atoms with van der Waals surface area (Å²) in [4.78, 5) is 31.2. The van der Waals surface area contributed by atoms with Crippen molar-refractivity contribution in [1.82, 2.24) is 9.88 Å². The Morgan fingerprint density at radius 1 is 1.03 bits per heavy atom. The first kappa shape index (κ1) is 23.7. The van der Waals surface area contributed by atoms with Crippen LogP contribution in [0.5, 0.6) is 11.5 Å². The number of nitrogens with zero attached hydrogens (tertiary/aromatic N) is 2. The van der Waals surface area contributed by atoms with E-state index in [0.29, 0.717) is 17.2 Å². The molecule has 0 aliphatic heterocycles. The topological polar surface area (TPSA) is 78.0 Å². The highest BCUT2D eigenvalue weighted by Gasteiger charge is 2.27. The molecule has 0 bridgehead atoms. The number of amides is 1. The highest BCUT2D eigenvalue weighted by Crippen LogP contribution is 2.33. The fraction of sp³-hybridized carbons (Fsp3) is 0.500. The van der Waals surface area contributed by atoms with E-state index in [0.717, 1.165) is 10.6 Å². The van der Waals surface area contributed by atoms with Gasteiger partial charge in [-0.25, -0.2) is 4.98 Å². The molecule has 0 saturated carbocycles. The smallest absolute Gasteiger partial charge is 0.312 e. The maximum Gasteiger partial charge on any atom is 0.312 e. The zero-order chi connectivity index (χ0) is 22.4. The molecule has 0 fully saturated rings. The lowest BCUT2D eigenvalue weighted by molar-refractivity contribution is -0.160. The Labute approximate surface area is 182 Å². The van der Waals surface area contributed by atoms with Gasteiger partial charge in [0.15, 0.2) is 17.6 Å². The molecule has 0 aliphatic rings. The van der Waals surface area contributed by atoms with Crippen LogP contribution >= 0.6 is 11.3 Å². The van der Waals surface area contributed by atoms with E-state index in [1.54, 1.807) is 26.0 Å². The molecular weight excluding hydrogens is 404 g/mol. The summed E-state index contributed by atoms with van der Waals surface area (Å²) < 4.78 is 16.0. The summed E-state index contributed by atoms with van der Waals surface area (Å²) >= 11 is 1.42. The summed E-state index contributed by atoms with van der Waals surface area (Å²) in [6, 6.07) is 5.59. The first-order valence-corrected chi connectivity index (χ1v) is 10.7. The second-order valence-corrected chi connectivity index (χ2v) is 8.31. The number of hydrogen-bond donors (Lipinski definition) is 0. The molecule has 164 valence electrons. The maximum atomic E-state index is 12.6. The van der Waals surface area contributed by atoms with Crippen LogP contribution in [-0.4, -0.2) is 54.2 Å². The number of carbonyl (C=O) groups is 2. The van der Waals surface area contributed by atoms with Gasteiger partial charge in [0, 0.05) is 23.0 Å². The van der Waals surface area contributed by atoms with Crippen molar-refractivity contribution in [1.29, 1.82) is 0 Å².